The molecule has 1 heteroatoms. The number of hydrogen-bond donors (Lipinski definition) is 0. The maximum Gasteiger partial charge on any atom is 0.133 e. The van der Waals surface area contributed by atoms with Crippen LogP contribution in [0.5, 0.6) is 0 Å². The third-order valence-corrected chi connectivity index (χ3v) is 5.78. The molecule has 2 fully saturated rings. The van der Waals surface area contributed by atoms with Gasteiger partial charge in [-0.25, -0.2) is 0 Å². The van der Waals surface area contributed by atoms with Crippen LogP contribution in [0.15, 0.2) is 0 Å². The highest BCUT2D eigenvalue weighted by Crippen LogP contribution is 2.35. The van der Waals surface area contributed by atoms with Crippen molar-refractivity contribution in [3.8, 4) is 0 Å². The minimum atomic E-state index is 0.553. The smallest absolute Gasteiger partial charge is 0.133 e. The second-order valence-electron chi connectivity index (χ2n) is 7.34. The molecule has 3 atom stereocenters. The molecule has 0 spiro atoms. The highest BCUT2D eigenvalue weighted by molar-refractivity contribution is 5.78. The van der Waals surface area contributed by atoms with E-state index >= 15 is 0 Å². The van der Waals surface area contributed by atoms with Gasteiger partial charge in [0.1, 0.15) is 5.78 Å². The molecule has 2 aliphatic rings. The first-order valence-corrected chi connectivity index (χ1v) is 8.68. The normalized spacial score (nSPS) is 31.1. The highest BCUT2D eigenvalue weighted by Gasteiger charge is 2.26. The van der Waals surface area contributed by atoms with Crippen LogP contribution < -0.4 is 0 Å². The number of carbonyl (C=O) groups is 1. The van der Waals surface area contributed by atoms with E-state index in [-0.39, 0.29) is 0 Å². The van der Waals surface area contributed by atoms with E-state index in [2.05, 4.69) is 13.8 Å². The van der Waals surface area contributed by atoms with E-state index in [1.54, 1.807) is 0 Å². The molecule has 0 aliphatic heterocycles. The first-order chi connectivity index (χ1) is 9.16. The molecule has 3 unspecified atom stereocenters. The monoisotopic (exact) mass is 264 g/mol. The molecular formula is C18H32O. The molecule has 2 aliphatic carbocycles. The van der Waals surface area contributed by atoms with Crippen LogP contribution in [-0.4, -0.2) is 5.78 Å². The van der Waals surface area contributed by atoms with Crippen LogP contribution in [-0.2, 0) is 4.79 Å². The largest absolute Gasteiger partial charge is 0.300 e. The Labute approximate surface area is 119 Å². The Bertz CT molecular complexity index is 277. The summed E-state index contributed by atoms with van der Waals surface area (Å²) < 4.78 is 0. The zero-order valence-electron chi connectivity index (χ0n) is 13.0. The van der Waals surface area contributed by atoms with E-state index in [0.717, 1.165) is 24.7 Å². The Morgan fingerprint density at radius 1 is 1.00 bits per heavy atom. The number of hydrogen-bond acceptors (Lipinski definition) is 1. The predicted molar refractivity (Wildman–Crippen MR) is 81.1 cm³/mol. The van der Waals surface area contributed by atoms with Gasteiger partial charge in [-0.1, -0.05) is 65.2 Å². The topological polar surface area (TPSA) is 17.1 Å². The lowest BCUT2D eigenvalue weighted by Crippen LogP contribution is -2.23. The van der Waals surface area contributed by atoms with Crippen LogP contribution in [0.4, 0.5) is 0 Å². The summed E-state index contributed by atoms with van der Waals surface area (Å²) in [4.78, 5) is 12.3. The first kappa shape index (κ1) is 15.1. The summed E-state index contributed by atoms with van der Waals surface area (Å²) in [5.74, 6) is 3.49. The Morgan fingerprint density at radius 2 is 1.63 bits per heavy atom. The van der Waals surface area contributed by atoms with Gasteiger partial charge in [-0.3, -0.25) is 4.79 Å². The minimum Gasteiger partial charge on any atom is -0.300 e. The van der Waals surface area contributed by atoms with Crippen LogP contribution in [0.3, 0.4) is 0 Å². The average Bonchev–Trinajstić information content (AvgIpc) is 2.42. The summed E-state index contributed by atoms with van der Waals surface area (Å²) in [7, 11) is 0. The zero-order valence-corrected chi connectivity index (χ0v) is 13.0. The molecule has 0 heterocycles. The Morgan fingerprint density at radius 3 is 2.32 bits per heavy atom. The lowest BCUT2D eigenvalue weighted by atomic mass is 9.75. The summed E-state index contributed by atoms with van der Waals surface area (Å²) in [5, 5.41) is 0. The van der Waals surface area contributed by atoms with Crippen LogP contribution in [0.25, 0.3) is 0 Å². The van der Waals surface area contributed by atoms with Crippen molar-refractivity contribution in [2.24, 2.45) is 23.7 Å². The quantitative estimate of drug-likeness (QED) is 0.651. The number of rotatable bonds is 5. The highest BCUT2D eigenvalue weighted by atomic mass is 16.1. The molecule has 0 radical (unpaired) electrons. The Kier molecular flexibility index (Phi) is 5.91. The van der Waals surface area contributed by atoms with Gasteiger partial charge in [0.15, 0.2) is 0 Å². The van der Waals surface area contributed by atoms with Crippen molar-refractivity contribution in [1.29, 1.82) is 0 Å². The van der Waals surface area contributed by atoms with Crippen molar-refractivity contribution in [3.05, 3.63) is 0 Å². The average molecular weight is 264 g/mol. The number of carbonyl (C=O) groups excluding carboxylic acids is 1. The molecule has 110 valence electrons. The molecule has 2 rings (SSSR count). The summed E-state index contributed by atoms with van der Waals surface area (Å²) in [5.41, 5.74) is 0. The third-order valence-electron chi connectivity index (χ3n) is 5.78. The van der Waals surface area contributed by atoms with E-state index in [0.29, 0.717) is 17.6 Å². The van der Waals surface area contributed by atoms with Crippen LogP contribution in [0.2, 0.25) is 0 Å². The summed E-state index contributed by atoms with van der Waals surface area (Å²) in [6, 6.07) is 0. The van der Waals surface area contributed by atoms with E-state index in [4.69, 9.17) is 0 Å². The van der Waals surface area contributed by atoms with Crippen LogP contribution >= 0.6 is 0 Å². The SMILES string of the molecule is CC(CC(=O)CC1CCCCC1C)C1CCCCC1. The van der Waals surface area contributed by atoms with Gasteiger partial charge in [0.05, 0.1) is 0 Å². The molecule has 1 nitrogen and oxygen atoms in total. The second-order valence-corrected chi connectivity index (χ2v) is 7.34. The molecule has 0 aromatic heterocycles. The molecular weight excluding hydrogens is 232 g/mol. The lowest BCUT2D eigenvalue weighted by molar-refractivity contribution is -0.121. The van der Waals surface area contributed by atoms with Gasteiger partial charge in [0.25, 0.3) is 0 Å². The van der Waals surface area contributed by atoms with E-state index in [1.165, 1.54) is 57.8 Å². The fraction of sp³-hybridized carbons (Fsp3) is 0.944. The van der Waals surface area contributed by atoms with E-state index in [9.17, 15) is 4.79 Å². The number of ketones is 1. The molecule has 0 amide bonds. The second kappa shape index (κ2) is 7.45. The van der Waals surface area contributed by atoms with Gasteiger partial charge in [-0.05, 0) is 30.1 Å². The van der Waals surface area contributed by atoms with Crippen LogP contribution in [0.1, 0.15) is 84.5 Å². The lowest BCUT2D eigenvalue weighted by Gasteiger charge is -2.30. The number of Topliss-reactive ketones (excluding diaryl/α,β-unsaturated/α-hetero) is 1. The van der Waals surface area contributed by atoms with Crippen molar-refractivity contribution in [2.45, 2.75) is 84.5 Å². The summed E-state index contributed by atoms with van der Waals surface area (Å²) >= 11 is 0. The van der Waals surface area contributed by atoms with Crippen molar-refractivity contribution in [1.82, 2.24) is 0 Å². The standard InChI is InChI=1S/C18H32O/c1-14-8-6-7-11-17(14)13-18(19)12-15(2)16-9-4-3-5-10-16/h14-17H,3-13H2,1-2H3. The molecule has 0 N–H and O–H groups in total. The first-order valence-electron chi connectivity index (χ1n) is 8.68. The van der Waals surface area contributed by atoms with Crippen molar-refractivity contribution >= 4 is 5.78 Å². The van der Waals surface area contributed by atoms with Crippen molar-refractivity contribution in [3.63, 3.8) is 0 Å². The van der Waals surface area contributed by atoms with Gasteiger partial charge in [-0.15, -0.1) is 0 Å². The molecule has 0 saturated heterocycles. The van der Waals surface area contributed by atoms with Crippen molar-refractivity contribution < 1.29 is 4.79 Å². The fourth-order valence-corrected chi connectivity index (χ4v) is 4.30. The Hall–Kier alpha value is -0.330. The summed E-state index contributed by atoms with van der Waals surface area (Å²) in [6.45, 7) is 4.67. The van der Waals surface area contributed by atoms with Gasteiger partial charge in [0, 0.05) is 12.8 Å². The minimum absolute atomic E-state index is 0.553. The maximum atomic E-state index is 12.3. The van der Waals surface area contributed by atoms with Gasteiger partial charge >= 0.3 is 0 Å². The Balaban J connectivity index is 1.73. The molecule has 0 aromatic rings. The van der Waals surface area contributed by atoms with Crippen LogP contribution in [0, 0.1) is 23.7 Å². The van der Waals surface area contributed by atoms with Gasteiger partial charge in [-0.2, -0.15) is 0 Å². The van der Waals surface area contributed by atoms with Gasteiger partial charge < -0.3 is 0 Å². The molecule has 19 heavy (non-hydrogen) atoms. The molecule has 2 saturated carbocycles. The predicted octanol–water partition coefficient (Wildman–Crippen LogP) is 5.38. The summed E-state index contributed by atoms with van der Waals surface area (Å²) in [6.07, 6.45) is 14.0. The van der Waals surface area contributed by atoms with Gasteiger partial charge in [0.2, 0.25) is 0 Å². The van der Waals surface area contributed by atoms with E-state index in [1.807, 2.05) is 0 Å². The van der Waals surface area contributed by atoms with Crippen molar-refractivity contribution in [2.75, 3.05) is 0 Å². The van der Waals surface area contributed by atoms with E-state index < -0.39 is 0 Å². The third kappa shape index (κ3) is 4.61. The fourth-order valence-electron chi connectivity index (χ4n) is 4.30. The molecule has 0 aromatic carbocycles. The molecule has 0 bridgehead atoms. The zero-order chi connectivity index (χ0) is 13.7. The maximum absolute atomic E-state index is 12.3.